The van der Waals surface area contributed by atoms with Gasteiger partial charge < -0.3 is 10.6 Å². The summed E-state index contributed by atoms with van der Waals surface area (Å²) in [7, 11) is 0. The van der Waals surface area contributed by atoms with Crippen molar-refractivity contribution in [3.63, 3.8) is 0 Å². The molecule has 1 heterocycles. The Labute approximate surface area is 150 Å². The molecule has 0 aromatic carbocycles. The summed E-state index contributed by atoms with van der Waals surface area (Å²) in [5.41, 5.74) is 5.98. The molecule has 2 N–H and O–H groups in total. The topological polar surface area (TPSA) is 41.6 Å². The highest BCUT2D eigenvalue weighted by atomic mass is 15.3. The van der Waals surface area contributed by atoms with Gasteiger partial charge in [-0.3, -0.25) is 4.99 Å². The van der Waals surface area contributed by atoms with Crippen LogP contribution in [-0.4, -0.2) is 30.0 Å². The van der Waals surface area contributed by atoms with Crippen molar-refractivity contribution >= 4 is 5.84 Å². The molecule has 0 aromatic rings. The van der Waals surface area contributed by atoms with Crippen LogP contribution in [0, 0.1) is 0 Å². The molecule has 1 aliphatic rings. The van der Waals surface area contributed by atoms with E-state index < -0.39 is 0 Å². The normalized spacial score (nSPS) is 16.1. The van der Waals surface area contributed by atoms with E-state index in [1.165, 1.54) is 82.9 Å². The summed E-state index contributed by atoms with van der Waals surface area (Å²) in [4.78, 5) is 6.86. The highest BCUT2D eigenvalue weighted by Gasteiger charge is 2.18. The summed E-state index contributed by atoms with van der Waals surface area (Å²) in [5, 5.41) is 0. The predicted molar refractivity (Wildman–Crippen MR) is 107 cm³/mol. The lowest BCUT2D eigenvalue weighted by atomic mass is 10.1. The van der Waals surface area contributed by atoms with Crippen LogP contribution in [0.25, 0.3) is 0 Å². The molecule has 0 amide bonds. The first-order valence-electron chi connectivity index (χ1n) is 10.5. The fourth-order valence-electron chi connectivity index (χ4n) is 3.33. The number of hydrogen-bond donors (Lipinski definition) is 1. The monoisotopic (exact) mass is 335 g/mol. The van der Waals surface area contributed by atoms with Crippen molar-refractivity contribution in [2.24, 2.45) is 10.7 Å². The van der Waals surface area contributed by atoms with Crippen molar-refractivity contribution in [3.8, 4) is 0 Å². The van der Waals surface area contributed by atoms with Crippen molar-refractivity contribution < 1.29 is 0 Å². The molecule has 0 aliphatic carbocycles. The van der Waals surface area contributed by atoms with Gasteiger partial charge in [0.25, 0.3) is 0 Å². The summed E-state index contributed by atoms with van der Waals surface area (Å²) in [6, 6.07) is 0. The zero-order valence-corrected chi connectivity index (χ0v) is 16.3. The SMILES string of the molecule is CCCC/C=C/CCCCCCCCCCC1=NCCN1C(C)N. The van der Waals surface area contributed by atoms with Crippen LogP contribution in [0.2, 0.25) is 0 Å². The van der Waals surface area contributed by atoms with Crippen molar-refractivity contribution in [2.45, 2.75) is 103 Å². The first-order valence-corrected chi connectivity index (χ1v) is 10.5. The largest absolute Gasteiger partial charge is 0.343 e. The molecule has 0 saturated heterocycles. The van der Waals surface area contributed by atoms with Crippen molar-refractivity contribution in [3.05, 3.63) is 12.2 Å². The van der Waals surface area contributed by atoms with Gasteiger partial charge in [0.05, 0.1) is 12.7 Å². The zero-order valence-electron chi connectivity index (χ0n) is 16.3. The maximum Gasteiger partial charge on any atom is 0.100 e. The molecule has 3 nitrogen and oxygen atoms in total. The van der Waals surface area contributed by atoms with Gasteiger partial charge in [0.2, 0.25) is 0 Å². The van der Waals surface area contributed by atoms with Crippen molar-refractivity contribution in [2.75, 3.05) is 13.1 Å². The van der Waals surface area contributed by atoms with Crippen molar-refractivity contribution in [1.82, 2.24) is 4.90 Å². The molecular formula is C21H41N3. The van der Waals surface area contributed by atoms with E-state index in [0.29, 0.717) is 0 Å². The Kier molecular flexibility index (Phi) is 12.8. The van der Waals surface area contributed by atoms with Crippen LogP contribution >= 0.6 is 0 Å². The predicted octanol–water partition coefficient (Wildman–Crippen LogP) is 5.65. The molecule has 1 atom stereocenters. The van der Waals surface area contributed by atoms with E-state index in [4.69, 9.17) is 5.73 Å². The van der Waals surface area contributed by atoms with Crippen LogP contribution in [0.1, 0.15) is 97.3 Å². The molecule has 24 heavy (non-hydrogen) atoms. The van der Waals surface area contributed by atoms with Gasteiger partial charge in [0.1, 0.15) is 5.84 Å². The maximum absolute atomic E-state index is 5.98. The Balaban J connectivity index is 1.83. The van der Waals surface area contributed by atoms with Gasteiger partial charge in [-0.15, -0.1) is 0 Å². The van der Waals surface area contributed by atoms with Crippen LogP contribution in [0.4, 0.5) is 0 Å². The summed E-state index contributed by atoms with van der Waals surface area (Å²) in [6.45, 7) is 6.26. The number of rotatable bonds is 15. The van der Waals surface area contributed by atoms with E-state index in [-0.39, 0.29) is 6.17 Å². The fraction of sp³-hybridized carbons (Fsp3) is 0.857. The standard InChI is InChI=1S/C21H41N3/c1-3-4-5-6-7-8-9-10-11-12-13-14-15-16-17-21-23-18-19-24(21)20(2)22/h6-7,20H,3-5,8-19,22H2,1-2H3/b7-6+. The lowest BCUT2D eigenvalue weighted by molar-refractivity contribution is 0.358. The molecule has 3 heteroatoms. The number of allylic oxidation sites excluding steroid dienone is 2. The fourth-order valence-corrected chi connectivity index (χ4v) is 3.33. The molecule has 140 valence electrons. The molecular weight excluding hydrogens is 294 g/mol. The minimum atomic E-state index is 0.118. The molecule has 0 saturated carbocycles. The maximum atomic E-state index is 5.98. The molecule has 0 fully saturated rings. The Morgan fingerprint density at radius 1 is 0.958 bits per heavy atom. The van der Waals surface area contributed by atoms with Gasteiger partial charge >= 0.3 is 0 Å². The second-order valence-electron chi connectivity index (χ2n) is 7.21. The average molecular weight is 336 g/mol. The van der Waals surface area contributed by atoms with E-state index in [1.807, 2.05) is 0 Å². The van der Waals surface area contributed by atoms with Gasteiger partial charge in [-0.05, 0) is 32.6 Å². The van der Waals surface area contributed by atoms with E-state index in [0.717, 1.165) is 19.5 Å². The third-order valence-electron chi connectivity index (χ3n) is 4.87. The summed E-state index contributed by atoms with van der Waals surface area (Å²) >= 11 is 0. The van der Waals surface area contributed by atoms with Gasteiger partial charge in [-0.25, -0.2) is 0 Å². The van der Waals surface area contributed by atoms with E-state index in [9.17, 15) is 0 Å². The van der Waals surface area contributed by atoms with Crippen LogP contribution in [0.15, 0.2) is 17.1 Å². The Hall–Kier alpha value is -0.830. The van der Waals surface area contributed by atoms with E-state index >= 15 is 0 Å². The minimum absolute atomic E-state index is 0.118. The van der Waals surface area contributed by atoms with Crippen molar-refractivity contribution in [1.29, 1.82) is 0 Å². The second-order valence-corrected chi connectivity index (χ2v) is 7.21. The van der Waals surface area contributed by atoms with Gasteiger partial charge in [0, 0.05) is 13.0 Å². The van der Waals surface area contributed by atoms with E-state index in [1.54, 1.807) is 0 Å². The van der Waals surface area contributed by atoms with Crippen LogP contribution in [-0.2, 0) is 0 Å². The number of unbranched alkanes of at least 4 members (excludes halogenated alkanes) is 10. The molecule has 1 rings (SSSR count). The highest BCUT2D eigenvalue weighted by molar-refractivity contribution is 5.83. The summed E-state index contributed by atoms with van der Waals surface area (Å²) in [5.74, 6) is 1.25. The minimum Gasteiger partial charge on any atom is -0.343 e. The lowest BCUT2D eigenvalue weighted by Gasteiger charge is -2.24. The van der Waals surface area contributed by atoms with E-state index in [2.05, 4.69) is 35.9 Å². The second kappa shape index (κ2) is 14.5. The average Bonchev–Trinajstić information content (AvgIpc) is 3.04. The Bertz CT molecular complexity index is 347. The molecule has 0 spiro atoms. The van der Waals surface area contributed by atoms with Crippen LogP contribution < -0.4 is 5.73 Å². The third-order valence-corrected chi connectivity index (χ3v) is 4.87. The first-order chi connectivity index (χ1) is 11.8. The summed E-state index contributed by atoms with van der Waals surface area (Å²) in [6.07, 6.45) is 22.2. The quantitative estimate of drug-likeness (QED) is 0.310. The molecule has 0 radical (unpaired) electrons. The molecule has 1 aliphatic heterocycles. The third kappa shape index (κ3) is 10.1. The smallest absolute Gasteiger partial charge is 0.100 e. The van der Waals surface area contributed by atoms with Crippen LogP contribution in [0.3, 0.4) is 0 Å². The lowest BCUT2D eigenvalue weighted by Crippen LogP contribution is -2.41. The Morgan fingerprint density at radius 2 is 1.54 bits per heavy atom. The number of nitrogens with two attached hydrogens (primary N) is 1. The highest BCUT2D eigenvalue weighted by Crippen LogP contribution is 2.14. The van der Waals surface area contributed by atoms with Gasteiger partial charge in [0.15, 0.2) is 0 Å². The number of hydrogen-bond acceptors (Lipinski definition) is 3. The first kappa shape index (κ1) is 21.2. The Morgan fingerprint density at radius 3 is 2.17 bits per heavy atom. The van der Waals surface area contributed by atoms with Gasteiger partial charge in [-0.2, -0.15) is 0 Å². The van der Waals surface area contributed by atoms with Gasteiger partial charge in [-0.1, -0.05) is 70.4 Å². The summed E-state index contributed by atoms with van der Waals surface area (Å²) < 4.78 is 0. The molecule has 0 bridgehead atoms. The zero-order chi connectivity index (χ0) is 17.5. The molecule has 0 aromatic heterocycles. The number of aliphatic imine (C=N–C) groups is 1. The number of nitrogens with zero attached hydrogens (tertiary/aromatic N) is 2. The molecule has 1 unspecified atom stereocenters. The van der Waals surface area contributed by atoms with Crippen LogP contribution in [0.5, 0.6) is 0 Å². The number of amidine groups is 1.